The van der Waals surface area contributed by atoms with Crippen molar-refractivity contribution in [2.45, 2.75) is 24.5 Å². The van der Waals surface area contributed by atoms with Crippen molar-refractivity contribution in [2.24, 2.45) is 0 Å². The molecule has 104 valence electrons. The van der Waals surface area contributed by atoms with E-state index in [4.69, 9.17) is 9.26 Å². The summed E-state index contributed by atoms with van der Waals surface area (Å²) in [5.41, 5.74) is -1.29. The van der Waals surface area contributed by atoms with Gasteiger partial charge in [0.15, 0.2) is 6.23 Å². The number of aromatic nitrogens is 2. The van der Waals surface area contributed by atoms with Crippen LogP contribution in [0.4, 0.5) is 0 Å². The van der Waals surface area contributed by atoms with Gasteiger partial charge in [0.05, 0.1) is 6.61 Å². The zero-order valence-corrected chi connectivity index (χ0v) is 11.2. The Kier molecular flexibility index (Phi) is 4.56. The number of hydrogen-bond acceptors (Lipinski definition) is 7. The molecule has 3 N–H and O–H groups in total. The van der Waals surface area contributed by atoms with E-state index in [1.807, 2.05) is 4.98 Å². The van der Waals surface area contributed by atoms with Crippen molar-refractivity contribution >= 4 is 19.4 Å². The first kappa shape index (κ1) is 14.4. The van der Waals surface area contributed by atoms with Gasteiger partial charge in [-0.3, -0.25) is 14.3 Å². The van der Waals surface area contributed by atoms with Gasteiger partial charge in [-0.05, 0) is 11.8 Å². The Morgan fingerprint density at radius 3 is 2.84 bits per heavy atom. The Morgan fingerprint density at radius 2 is 2.21 bits per heavy atom. The van der Waals surface area contributed by atoms with Crippen LogP contribution in [0.1, 0.15) is 6.23 Å². The smallest absolute Gasteiger partial charge is 0.330 e. The summed E-state index contributed by atoms with van der Waals surface area (Å²) >= 11 is 4.57. The highest BCUT2D eigenvalue weighted by Crippen LogP contribution is 2.28. The molecule has 1 aliphatic heterocycles. The minimum Gasteiger partial charge on any atom is -0.387 e. The molecule has 0 radical (unpaired) electrons. The average molecular weight is 306 g/mol. The van der Waals surface area contributed by atoms with Crippen LogP contribution in [0.15, 0.2) is 21.9 Å². The number of H-pyrrole nitrogens is 1. The molecule has 10 heteroatoms. The summed E-state index contributed by atoms with van der Waals surface area (Å²) in [4.78, 5) is 24.6. The molecule has 0 bridgehead atoms. The zero-order valence-electron chi connectivity index (χ0n) is 9.50. The molecule has 0 aliphatic carbocycles. The normalized spacial score (nSPS) is 30.8. The third-order valence-electron chi connectivity index (χ3n) is 2.75. The first-order valence-electron chi connectivity index (χ1n) is 5.32. The molecule has 1 aromatic heterocycles. The molecular formula is C9H11N2O6PS. The van der Waals surface area contributed by atoms with Crippen molar-refractivity contribution in [1.29, 1.82) is 0 Å². The molecule has 0 aromatic carbocycles. The van der Waals surface area contributed by atoms with Crippen LogP contribution in [0.2, 0.25) is 0 Å². The molecule has 2 heterocycles. The van der Waals surface area contributed by atoms with Crippen LogP contribution in [0, 0.1) is 0 Å². The molecule has 0 amide bonds. The van der Waals surface area contributed by atoms with Gasteiger partial charge in [-0.2, -0.15) is 0 Å². The van der Waals surface area contributed by atoms with E-state index in [9.17, 15) is 19.8 Å². The highest BCUT2D eigenvalue weighted by molar-refractivity contribution is 7.94. The molecule has 4 atom stereocenters. The number of ether oxygens (including phenoxy) is 1. The highest BCUT2D eigenvalue weighted by atomic mass is 32.4. The van der Waals surface area contributed by atoms with Crippen LogP contribution >= 0.6 is 7.58 Å². The number of aliphatic hydroxyl groups excluding tert-OH is 2. The predicted octanol–water partition coefficient (Wildman–Crippen LogP) is -1.50. The van der Waals surface area contributed by atoms with E-state index in [1.165, 1.54) is 6.20 Å². The van der Waals surface area contributed by atoms with Gasteiger partial charge in [0.1, 0.15) is 25.9 Å². The van der Waals surface area contributed by atoms with Crippen molar-refractivity contribution in [2.75, 3.05) is 6.61 Å². The second kappa shape index (κ2) is 6.00. The Morgan fingerprint density at radius 1 is 1.47 bits per heavy atom. The monoisotopic (exact) mass is 306 g/mol. The van der Waals surface area contributed by atoms with Crippen LogP contribution in [-0.2, 0) is 21.1 Å². The van der Waals surface area contributed by atoms with Gasteiger partial charge in [-0.25, -0.2) is 4.79 Å². The lowest BCUT2D eigenvalue weighted by Gasteiger charge is -2.16. The highest BCUT2D eigenvalue weighted by Gasteiger charge is 2.44. The maximum atomic E-state index is 11.6. The van der Waals surface area contributed by atoms with Crippen LogP contribution in [-0.4, -0.2) is 44.7 Å². The van der Waals surface area contributed by atoms with E-state index < -0.39 is 35.8 Å². The van der Waals surface area contributed by atoms with E-state index in [0.29, 0.717) is 0 Å². The van der Waals surface area contributed by atoms with E-state index >= 15 is 0 Å². The predicted molar refractivity (Wildman–Crippen MR) is 67.5 cm³/mol. The Balaban J connectivity index is 2.23. The Hall–Kier alpha value is -0.960. The molecule has 1 fully saturated rings. The minimum absolute atomic E-state index is 0.00210. The van der Waals surface area contributed by atoms with Gasteiger partial charge < -0.3 is 19.5 Å². The van der Waals surface area contributed by atoms with Crippen LogP contribution in [0.5, 0.6) is 0 Å². The summed E-state index contributed by atoms with van der Waals surface area (Å²) in [5, 5.41) is 19.6. The quantitative estimate of drug-likeness (QED) is 0.580. The summed E-state index contributed by atoms with van der Waals surface area (Å²) in [5.74, 6) is 0. The Bertz CT molecular complexity index is 574. The molecule has 0 spiro atoms. The molecule has 0 saturated carbocycles. The number of nitrogens with one attached hydrogen (secondary N) is 1. The van der Waals surface area contributed by atoms with Crippen LogP contribution in [0.25, 0.3) is 0 Å². The SMILES string of the molecule is O=c1ccn([C@@H]2O[C@H](COP=S)[C@@H](O)[C@H]2O)c(=O)[nH]1. The summed E-state index contributed by atoms with van der Waals surface area (Å²) < 4.78 is 11.3. The third-order valence-corrected chi connectivity index (χ3v) is 3.32. The number of aromatic amines is 1. The van der Waals surface area contributed by atoms with Crippen LogP contribution in [0.3, 0.4) is 0 Å². The van der Waals surface area contributed by atoms with E-state index in [1.54, 1.807) is 0 Å². The summed E-state index contributed by atoms with van der Waals surface area (Å²) in [6.07, 6.45) is -3.21. The molecule has 1 saturated heterocycles. The maximum Gasteiger partial charge on any atom is 0.330 e. The largest absolute Gasteiger partial charge is 0.387 e. The standard InChI is InChI=1S/C9H11N2O6PS/c12-5-1-2-11(9(15)10-5)8-7(14)6(13)4(17-8)3-16-18-19/h1-2,4,6-8,13-14H,3H2,(H,10,12,15)/t4-,6-,7-,8-/m1/s1. The van der Waals surface area contributed by atoms with Crippen LogP contribution < -0.4 is 11.2 Å². The second-order valence-corrected chi connectivity index (χ2v) is 4.79. The van der Waals surface area contributed by atoms with Gasteiger partial charge >= 0.3 is 5.69 Å². The second-order valence-electron chi connectivity index (χ2n) is 3.93. The summed E-state index contributed by atoms with van der Waals surface area (Å²) in [6, 6.07) is 1.12. The van der Waals surface area contributed by atoms with Gasteiger partial charge in [0, 0.05) is 12.3 Å². The lowest BCUT2D eigenvalue weighted by atomic mass is 10.1. The fourth-order valence-corrected chi connectivity index (χ4v) is 2.22. The van der Waals surface area contributed by atoms with E-state index in [-0.39, 0.29) is 14.2 Å². The van der Waals surface area contributed by atoms with Gasteiger partial charge in [0.25, 0.3) is 5.56 Å². The summed E-state index contributed by atoms with van der Waals surface area (Å²) in [7, 11) is 0.252. The van der Waals surface area contributed by atoms with Crippen molar-refractivity contribution in [1.82, 2.24) is 9.55 Å². The number of aliphatic hydroxyl groups is 2. The molecule has 2 rings (SSSR count). The first-order chi connectivity index (χ1) is 9.04. The lowest BCUT2D eigenvalue weighted by Crippen LogP contribution is -2.37. The van der Waals surface area contributed by atoms with Crippen molar-refractivity contribution in [3.05, 3.63) is 33.1 Å². The van der Waals surface area contributed by atoms with Gasteiger partial charge in [-0.1, -0.05) is 0 Å². The third kappa shape index (κ3) is 2.97. The molecule has 1 aliphatic rings. The van der Waals surface area contributed by atoms with Crippen molar-refractivity contribution in [3.8, 4) is 0 Å². The number of rotatable bonds is 4. The Labute approximate surface area is 113 Å². The number of nitrogens with zero attached hydrogens (tertiary/aromatic N) is 1. The minimum atomic E-state index is -1.31. The fraction of sp³-hybridized carbons (Fsp3) is 0.556. The summed E-state index contributed by atoms with van der Waals surface area (Å²) in [6.45, 7) is -0.00210. The first-order valence-corrected chi connectivity index (χ1v) is 7.15. The van der Waals surface area contributed by atoms with Crippen molar-refractivity contribution in [3.63, 3.8) is 0 Å². The molecule has 1 aromatic rings. The fourth-order valence-electron chi connectivity index (χ4n) is 1.83. The zero-order chi connectivity index (χ0) is 14.0. The van der Waals surface area contributed by atoms with Gasteiger partial charge in [-0.15, -0.1) is 0 Å². The maximum absolute atomic E-state index is 11.6. The molecule has 0 unspecified atom stereocenters. The molecule has 8 nitrogen and oxygen atoms in total. The molecule has 19 heavy (non-hydrogen) atoms. The van der Waals surface area contributed by atoms with E-state index in [2.05, 4.69) is 11.8 Å². The van der Waals surface area contributed by atoms with E-state index in [0.717, 1.165) is 10.6 Å². The van der Waals surface area contributed by atoms with Crippen molar-refractivity contribution < 1.29 is 19.5 Å². The number of hydrogen-bond donors (Lipinski definition) is 3. The lowest BCUT2D eigenvalue weighted by molar-refractivity contribution is -0.0499. The topological polar surface area (TPSA) is 114 Å². The van der Waals surface area contributed by atoms with Gasteiger partial charge in [0.2, 0.25) is 0 Å². The molecular weight excluding hydrogens is 295 g/mol. The average Bonchev–Trinajstić information content (AvgIpc) is 2.64.